The zero-order chi connectivity index (χ0) is 25.0. The fraction of sp³-hybridized carbons (Fsp3) is 0.333. The molecule has 0 fully saturated rings. The van der Waals surface area contributed by atoms with E-state index >= 15 is 0 Å². The number of nitrogens with zero attached hydrogens (tertiary/aromatic N) is 4. The topological polar surface area (TPSA) is 63.8 Å². The highest BCUT2D eigenvalue weighted by atomic mass is 15.2. The molecule has 0 unspecified atom stereocenters. The Hall–Kier alpha value is -3.48. The lowest BCUT2D eigenvalue weighted by Gasteiger charge is -2.21. The molecule has 0 bridgehead atoms. The number of imidazole rings is 2. The van der Waals surface area contributed by atoms with E-state index in [1.54, 1.807) is 12.4 Å². The van der Waals surface area contributed by atoms with Crippen molar-refractivity contribution in [1.82, 2.24) is 29.7 Å². The molecule has 0 aliphatic rings. The molecule has 0 amide bonds. The molecule has 188 valence electrons. The maximum Gasteiger partial charge on any atom is 0.120 e. The van der Waals surface area contributed by atoms with Gasteiger partial charge in [0.05, 0.1) is 13.1 Å². The van der Waals surface area contributed by atoms with Gasteiger partial charge in [0.1, 0.15) is 11.6 Å². The number of hydrogen-bond donors (Lipinski definition) is 2. The molecule has 0 aliphatic carbocycles. The van der Waals surface area contributed by atoms with Crippen LogP contribution in [0, 0.1) is 0 Å². The normalized spacial score (nSPS) is 11.8. The largest absolute Gasteiger partial charge is 0.348 e. The number of rotatable bonds is 14. The zero-order valence-electron chi connectivity index (χ0n) is 21.5. The number of aromatic nitrogens is 4. The molecule has 6 nitrogen and oxygen atoms in total. The molecule has 36 heavy (non-hydrogen) atoms. The molecule has 0 aliphatic heterocycles. The lowest BCUT2D eigenvalue weighted by molar-refractivity contribution is 0.236. The average Bonchev–Trinajstić information content (AvgIpc) is 3.59. The second kappa shape index (κ2) is 13.6. The minimum atomic E-state index is 0.736. The van der Waals surface area contributed by atoms with Crippen molar-refractivity contribution < 1.29 is 0 Å². The highest BCUT2D eigenvalue weighted by molar-refractivity contribution is 5.69. The Kier molecular flexibility index (Phi) is 9.65. The molecule has 6 heteroatoms. The molecule has 0 radical (unpaired) electrons. The summed E-state index contributed by atoms with van der Waals surface area (Å²) in [6.07, 6.45) is 14.1. The van der Waals surface area contributed by atoms with E-state index in [1.165, 1.54) is 35.1 Å². The molecular formula is C30H38N6. The van der Waals surface area contributed by atoms with Gasteiger partial charge in [-0.2, -0.15) is 0 Å². The van der Waals surface area contributed by atoms with E-state index in [2.05, 4.69) is 104 Å². The average molecular weight is 483 g/mol. The zero-order valence-corrected chi connectivity index (χ0v) is 21.5. The molecule has 0 saturated heterocycles. The van der Waals surface area contributed by atoms with Gasteiger partial charge in [0.15, 0.2) is 0 Å². The van der Waals surface area contributed by atoms with E-state index in [-0.39, 0.29) is 0 Å². The quantitative estimate of drug-likeness (QED) is 0.212. The fourth-order valence-corrected chi connectivity index (χ4v) is 4.44. The highest BCUT2D eigenvalue weighted by Crippen LogP contribution is 2.15. The molecule has 2 heterocycles. The first-order valence-corrected chi connectivity index (χ1v) is 13.0. The molecule has 2 aromatic heterocycles. The summed E-state index contributed by atoms with van der Waals surface area (Å²) in [6.45, 7) is 10.1. The second-order valence-corrected chi connectivity index (χ2v) is 9.31. The number of hydrogen-bond acceptors (Lipinski definition) is 4. The van der Waals surface area contributed by atoms with Crippen LogP contribution in [0.2, 0.25) is 0 Å². The Morgan fingerprint density at radius 1 is 0.611 bits per heavy atom. The fourth-order valence-electron chi connectivity index (χ4n) is 4.44. The standard InChI is InChI=1S/C30H38N6/c1-3-19-35(20-4-2)21-27-11-7-25(8-12-27)5-6-26-9-13-28(14-10-26)22-36(23-29-31-15-16-32-29)24-30-33-17-18-34-30/h5-18H,3-4,19-24H2,1-2H3,(H,31,32)(H,33,34)/b6-5+. The van der Waals surface area contributed by atoms with Crippen LogP contribution in [0.1, 0.15) is 60.6 Å². The van der Waals surface area contributed by atoms with Crippen LogP contribution >= 0.6 is 0 Å². The van der Waals surface area contributed by atoms with Gasteiger partial charge in [-0.15, -0.1) is 0 Å². The Morgan fingerprint density at radius 3 is 1.44 bits per heavy atom. The van der Waals surface area contributed by atoms with Gasteiger partial charge in [0.2, 0.25) is 0 Å². The highest BCUT2D eigenvalue weighted by Gasteiger charge is 2.11. The summed E-state index contributed by atoms with van der Waals surface area (Å²) in [5, 5.41) is 0. The first-order valence-electron chi connectivity index (χ1n) is 13.0. The molecular weight excluding hydrogens is 444 g/mol. The molecule has 2 aromatic carbocycles. The summed E-state index contributed by atoms with van der Waals surface area (Å²) in [4.78, 5) is 20.1. The van der Waals surface area contributed by atoms with Gasteiger partial charge in [-0.3, -0.25) is 9.80 Å². The second-order valence-electron chi connectivity index (χ2n) is 9.31. The van der Waals surface area contributed by atoms with Crippen LogP contribution in [-0.4, -0.2) is 42.8 Å². The van der Waals surface area contributed by atoms with Gasteiger partial charge in [-0.05, 0) is 48.2 Å². The van der Waals surface area contributed by atoms with Gasteiger partial charge in [-0.1, -0.05) is 74.5 Å². The monoisotopic (exact) mass is 482 g/mol. The maximum atomic E-state index is 4.39. The molecule has 4 aromatic rings. The van der Waals surface area contributed by atoms with Crippen LogP contribution in [0.15, 0.2) is 73.3 Å². The van der Waals surface area contributed by atoms with E-state index in [0.717, 1.165) is 50.9 Å². The van der Waals surface area contributed by atoms with E-state index in [9.17, 15) is 0 Å². The SMILES string of the molecule is CCCN(CCC)Cc1ccc(/C=C/c2ccc(CN(Cc3ncc[nH]3)Cc3ncc[nH]3)cc2)cc1. The minimum Gasteiger partial charge on any atom is -0.348 e. The van der Waals surface area contributed by atoms with Gasteiger partial charge in [0, 0.05) is 37.9 Å². The van der Waals surface area contributed by atoms with Crippen LogP contribution in [0.5, 0.6) is 0 Å². The van der Waals surface area contributed by atoms with Gasteiger partial charge in [-0.25, -0.2) is 9.97 Å². The third-order valence-electron chi connectivity index (χ3n) is 6.18. The van der Waals surface area contributed by atoms with E-state index < -0.39 is 0 Å². The number of nitrogens with one attached hydrogen (secondary N) is 2. The van der Waals surface area contributed by atoms with Crippen molar-refractivity contribution in [2.75, 3.05) is 13.1 Å². The van der Waals surface area contributed by atoms with E-state index in [0.29, 0.717) is 0 Å². The Morgan fingerprint density at radius 2 is 1.06 bits per heavy atom. The predicted molar refractivity (Wildman–Crippen MR) is 148 cm³/mol. The van der Waals surface area contributed by atoms with Gasteiger partial charge < -0.3 is 9.97 Å². The number of benzene rings is 2. The summed E-state index contributed by atoms with van der Waals surface area (Å²) >= 11 is 0. The van der Waals surface area contributed by atoms with E-state index in [1.807, 2.05) is 12.4 Å². The summed E-state index contributed by atoms with van der Waals surface area (Å²) in [5.41, 5.74) is 5.07. The van der Waals surface area contributed by atoms with Crippen molar-refractivity contribution in [3.8, 4) is 0 Å². The summed E-state index contributed by atoms with van der Waals surface area (Å²) < 4.78 is 0. The first kappa shape index (κ1) is 25.6. The van der Waals surface area contributed by atoms with Crippen LogP contribution in [-0.2, 0) is 26.2 Å². The summed E-state index contributed by atoms with van der Waals surface area (Å²) in [6, 6.07) is 17.7. The third-order valence-corrected chi connectivity index (χ3v) is 6.18. The maximum absolute atomic E-state index is 4.39. The van der Waals surface area contributed by atoms with Crippen molar-refractivity contribution in [1.29, 1.82) is 0 Å². The lowest BCUT2D eigenvalue weighted by Crippen LogP contribution is -2.24. The van der Waals surface area contributed by atoms with Crippen molar-refractivity contribution in [3.63, 3.8) is 0 Å². The van der Waals surface area contributed by atoms with Crippen LogP contribution in [0.3, 0.4) is 0 Å². The predicted octanol–water partition coefficient (Wildman–Crippen LogP) is 6.13. The minimum absolute atomic E-state index is 0.736. The van der Waals surface area contributed by atoms with Crippen molar-refractivity contribution in [2.45, 2.75) is 52.9 Å². The Labute approximate surface area is 215 Å². The molecule has 0 atom stereocenters. The lowest BCUT2D eigenvalue weighted by atomic mass is 10.1. The smallest absolute Gasteiger partial charge is 0.120 e. The molecule has 0 spiro atoms. The Bertz CT molecular complexity index is 1100. The molecule has 4 rings (SSSR count). The van der Waals surface area contributed by atoms with Gasteiger partial charge >= 0.3 is 0 Å². The van der Waals surface area contributed by atoms with Crippen LogP contribution < -0.4 is 0 Å². The molecule has 0 saturated carbocycles. The number of aromatic amines is 2. The van der Waals surface area contributed by atoms with Crippen molar-refractivity contribution >= 4 is 12.2 Å². The third kappa shape index (κ3) is 8.04. The van der Waals surface area contributed by atoms with E-state index in [4.69, 9.17) is 0 Å². The summed E-state index contributed by atoms with van der Waals surface area (Å²) in [7, 11) is 0. The van der Waals surface area contributed by atoms with Crippen LogP contribution in [0.25, 0.3) is 12.2 Å². The first-order chi connectivity index (χ1) is 17.7. The van der Waals surface area contributed by atoms with Crippen molar-refractivity contribution in [3.05, 3.63) is 107 Å². The molecule has 2 N–H and O–H groups in total. The van der Waals surface area contributed by atoms with Crippen LogP contribution in [0.4, 0.5) is 0 Å². The number of H-pyrrole nitrogens is 2. The Balaban J connectivity index is 1.34. The van der Waals surface area contributed by atoms with Crippen molar-refractivity contribution in [2.24, 2.45) is 0 Å². The summed E-state index contributed by atoms with van der Waals surface area (Å²) in [5.74, 6) is 1.91. The van der Waals surface area contributed by atoms with Gasteiger partial charge in [0.25, 0.3) is 0 Å².